The van der Waals surface area contributed by atoms with Gasteiger partial charge in [0, 0.05) is 44.1 Å². The third-order valence-electron chi connectivity index (χ3n) is 6.33. The number of nitrogens with zero attached hydrogens (tertiary/aromatic N) is 2. The van der Waals surface area contributed by atoms with E-state index in [9.17, 15) is 4.79 Å². The maximum absolute atomic E-state index is 12.2. The van der Waals surface area contributed by atoms with E-state index < -0.39 is 5.60 Å². The molecule has 1 amide bonds. The number of amides is 1. The first-order chi connectivity index (χ1) is 14.4. The normalized spacial score (nSPS) is 21.2. The summed E-state index contributed by atoms with van der Waals surface area (Å²) in [6, 6.07) is 6.66. The van der Waals surface area contributed by atoms with Crippen molar-refractivity contribution in [1.82, 2.24) is 4.90 Å². The summed E-state index contributed by atoms with van der Waals surface area (Å²) in [4.78, 5) is 16.6. The Bertz CT molecular complexity index is 730. The van der Waals surface area contributed by atoms with Crippen molar-refractivity contribution in [1.29, 1.82) is 0 Å². The van der Waals surface area contributed by atoms with Crippen molar-refractivity contribution in [3.05, 3.63) is 23.8 Å². The van der Waals surface area contributed by atoms with Gasteiger partial charge < -0.3 is 24.6 Å². The number of piperidine rings is 2. The Balaban J connectivity index is 1.23. The maximum atomic E-state index is 12.2. The van der Waals surface area contributed by atoms with Crippen LogP contribution in [0.1, 0.15) is 58.4 Å². The Morgan fingerprint density at radius 1 is 1.03 bits per heavy atom. The lowest BCUT2D eigenvalue weighted by Crippen LogP contribution is -2.45. The lowest BCUT2D eigenvalue weighted by atomic mass is 9.98. The summed E-state index contributed by atoms with van der Waals surface area (Å²) in [6.45, 7) is 10.4. The number of carbonyl (C=O) groups excluding carboxylic acids is 1. The van der Waals surface area contributed by atoms with Crippen molar-refractivity contribution in [2.24, 2.45) is 0 Å². The number of nitrogens with one attached hydrogen (secondary N) is 1. The van der Waals surface area contributed by atoms with E-state index in [-0.39, 0.29) is 12.2 Å². The molecule has 0 atom stereocenters. The van der Waals surface area contributed by atoms with E-state index in [1.165, 1.54) is 29.8 Å². The number of benzene rings is 1. The standard InChI is InChI=1S/C24H37N3O3/c1-24(2,3)30-23(28)27-16-11-19(12-17-27)29-18-9-14-26(15-10-18)22-8-4-7-21-20(22)6-5-13-25-21/h4,7-8,18-19,25H,5-6,9-17H2,1-3H3. The average Bonchev–Trinajstić information content (AvgIpc) is 2.73. The fourth-order valence-corrected chi connectivity index (χ4v) is 4.79. The summed E-state index contributed by atoms with van der Waals surface area (Å²) >= 11 is 0. The van der Waals surface area contributed by atoms with Gasteiger partial charge in [-0.2, -0.15) is 0 Å². The van der Waals surface area contributed by atoms with Crippen molar-refractivity contribution in [3.8, 4) is 0 Å². The van der Waals surface area contributed by atoms with Crippen LogP contribution in [0.25, 0.3) is 0 Å². The smallest absolute Gasteiger partial charge is 0.410 e. The molecule has 1 N–H and O–H groups in total. The molecule has 0 unspecified atom stereocenters. The quantitative estimate of drug-likeness (QED) is 0.791. The van der Waals surface area contributed by atoms with Gasteiger partial charge in [0.15, 0.2) is 0 Å². The Morgan fingerprint density at radius 3 is 2.37 bits per heavy atom. The maximum Gasteiger partial charge on any atom is 0.410 e. The second-order valence-electron chi connectivity index (χ2n) is 9.82. The molecule has 4 rings (SSSR count). The highest BCUT2D eigenvalue weighted by Crippen LogP contribution is 2.33. The van der Waals surface area contributed by atoms with Crippen LogP contribution >= 0.6 is 0 Å². The van der Waals surface area contributed by atoms with Crippen molar-refractivity contribution in [2.45, 2.75) is 77.1 Å². The first kappa shape index (κ1) is 21.3. The van der Waals surface area contributed by atoms with Crippen LogP contribution in [0.3, 0.4) is 0 Å². The summed E-state index contributed by atoms with van der Waals surface area (Å²) in [7, 11) is 0. The van der Waals surface area contributed by atoms with Gasteiger partial charge in [-0.1, -0.05) is 6.07 Å². The number of fused-ring (bicyclic) bond motifs is 1. The van der Waals surface area contributed by atoms with Gasteiger partial charge in [0.05, 0.1) is 12.2 Å². The average molecular weight is 416 g/mol. The molecule has 1 aromatic carbocycles. The molecule has 1 aromatic rings. The van der Waals surface area contributed by atoms with Gasteiger partial charge in [-0.05, 0) is 77.0 Å². The topological polar surface area (TPSA) is 54.0 Å². The lowest BCUT2D eigenvalue weighted by Gasteiger charge is -2.39. The third kappa shape index (κ3) is 5.20. The second kappa shape index (κ2) is 9.04. The van der Waals surface area contributed by atoms with Gasteiger partial charge in [-0.3, -0.25) is 0 Å². The van der Waals surface area contributed by atoms with E-state index in [4.69, 9.17) is 9.47 Å². The molecule has 3 aliphatic rings. The predicted molar refractivity (Wildman–Crippen MR) is 120 cm³/mol. The molecule has 3 aliphatic heterocycles. The molecule has 0 aromatic heterocycles. The second-order valence-corrected chi connectivity index (χ2v) is 9.82. The summed E-state index contributed by atoms with van der Waals surface area (Å²) in [5.74, 6) is 0. The number of carbonyl (C=O) groups is 1. The van der Waals surface area contributed by atoms with Gasteiger partial charge in [0.1, 0.15) is 5.60 Å². The number of hydrogen-bond donors (Lipinski definition) is 1. The first-order valence-electron chi connectivity index (χ1n) is 11.6. The zero-order valence-corrected chi connectivity index (χ0v) is 18.8. The van der Waals surface area contributed by atoms with Crippen LogP contribution in [-0.2, 0) is 15.9 Å². The number of hydrogen-bond acceptors (Lipinski definition) is 5. The molecule has 2 fully saturated rings. The molecule has 166 valence electrons. The Morgan fingerprint density at radius 2 is 1.70 bits per heavy atom. The van der Waals surface area contributed by atoms with Gasteiger partial charge in [0.2, 0.25) is 0 Å². The van der Waals surface area contributed by atoms with Crippen molar-refractivity contribution >= 4 is 17.5 Å². The third-order valence-corrected chi connectivity index (χ3v) is 6.33. The number of anilines is 2. The molecule has 30 heavy (non-hydrogen) atoms. The van der Waals surface area contributed by atoms with Crippen molar-refractivity contribution in [3.63, 3.8) is 0 Å². The molecule has 6 heteroatoms. The highest BCUT2D eigenvalue weighted by Gasteiger charge is 2.30. The molecule has 3 heterocycles. The highest BCUT2D eigenvalue weighted by atomic mass is 16.6. The molecule has 0 aliphatic carbocycles. The van der Waals surface area contributed by atoms with Crippen molar-refractivity contribution in [2.75, 3.05) is 42.9 Å². The van der Waals surface area contributed by atoms with Crippen LogP contribution < -0.4 is 10.2 Å². The summed E-state index contributed by atoms with van der Waals surface area (Å²) in [5.41, 5.74) is 3.77. The van der Waals surface area contributed by atoms with Gasteiger partial charge in [0.25, 0.3) is 0 Å². The van der Waals surface area contributed by atoms with E-state index in [2.05, 4.69) is 28.4 Å². The number of rotatable bonds is 3. The fraction of sp³-hybridized carbons (Fsp3) is 0.708. The molecular formula is C24H37N3O3. The van der Waals surface area contributed by atoms with Crippen LogP contribution in [-0.4, -0.2) is 61.5 Å². The van der Waals surface area contributed by atoms with Gasteiger partial charge >= 0.3 is 6.09 Å². The summed E-state index contributed by atoms with van der Waals surface area (Å²) in [5, 5.41) is 3.54. The Hall–Kier alpha value is -1.95. The van der Waals surface area contributed by atoms with E-state index in [0.29, 0.717) is 6.10 Å². The van der Waals surface area contributed by atoms with Gasteiger partial charge in [-0.15, -0.1) is 0 Å². The SMILES string of the molecule is CC(C)(C)OC(=O)N1CCC(OC2CCN(c3cccc4c3CCCN4)CC2)CC1. The molecular weight excluding hydrogens is 378 g/mol. The summed E-state index contributed by atoms with van der Waals surface area (Å²) in [6.07, 6.45) is 6.72. The van der Waals surface area contributed by atoms with Crippen molar-refractivity contribution < 1.29 is 14.3 Å². The van der Waals surface area contributed by atoms with E-state index in [0.717, 1.165) is 58.4 Å². The molecule has 0 radical (unpaired) electrons. The zero-order chi connectivity index (χ0) is 21.1. The predicted octanol–water partition coefficient (Wildman–Crippen LogP) is 4.43. The van der Waals surface area contributed by atoms with Crippen LogP contribution in [0.2, 0.25) is 0 Å². The largest absolute Gasteiger partial charge is 0.444 e. The Labute approximate surface area is 180 Å². The molecule has 0 bridgehead atoms. The summed E-state index contributed by atoms with van der Waals surface area (Å²) < 4.78 is 11.9. The fourth-order valence-electron chi connectivity index (χ4n) is 4.79. The number of likely N-dealkylation sites (tertiary alicyclic amines) is 1. The highest BCUT2D eigenvalue weighted by molar-refractivity contribution is 5.68. The number of ether oxygens (including phenoxy) is 2. The van der Waals surface area contributed by atoms with Crippen LogP contribution in [0.5, 0.6) is 0 Å². The van der Waals surface area contributed by atoms with E-state index in [1.807, 2.05) is 25.7 Å². The van der Waals surface area contributed by atoms with E-state index in [1.54, 1.807) is 0 Å². The van der Waals surface area contributed by atoms with Crippen LogP contribution in [0.4, 0.5) is 16.2 Å². The Kier molecular flexibility index (Phi) is 6.42. The minimum absolute atomic E-state index is 0.199. The van der Waals surface area contributed by atoms with Crippen LogP contribution in [0.15, 0.2) is 18.2 Å². The zero-order valence-electron chi connectivity index (χ0n) is 18.8. The minimum atomic E-state index is -0.438. The van der Waals surface area contributed by atoms with Crippen LogP contribution in [0, 0.1) is 0 Å². The minimum Gasteiger partial charge on any atom is -0.444 e. The molecule has 6 nitrogen and oxygen atoms in total. The lowest BCUT2D eigenvalue weighted by molar-refractivity contribution is -0.0535. The molecule has 0 saturated carbocycles. The monoisotopic (exact) mass is 415 g/mol. The molecule has 2 saturated heterocycles. The first-order valence-corrected chi connectivity index (χ1v) is 11.6. The molecule has 0 spiro atoms. The van der Waals surface area contributed by atoms with Gasteiger partial charge in [-0.25, -0.2) is 4.79 Å². The van der Waals surface area contributed by atoms with E-state index >= 15 is 0 Å².